The normalized spacial score (nSPS) is 13.3. The average molecular weight is 342 g/mol. The standard InChI is InChI=1S/C18H18N2O5/c1-12(21)19-13-7-9-14(10-8-13)20-11-5-4-6-15(17(22)24-2)16(20)18(23)25-3/h4-11H,1-3H3,(H,19,21). The molecular weight excluding hydrogens is 324 g/mol. The lowest BCUT2D eigenvalue weighted by molar-refractivity contribution is -0.139. The van der Waals surface area contributed by atoms with Gasteiger partial charge in [-0.15, -0.1) is 0 Å². The third-order valence-electron chi connectivity index (χ3n) is 3.36. The van der Waals surface area contributed by atoms with Gasteiger partial charge in [-0.2, -0.15) is 0 Å². The Morgan fingerprint density at radius 1 is 0.960 bits per heavy atom. The molecule has 0 bridgehead atoms. The van der Waals surface area contributed by atoms with Crippen LogP contribution in [-0.4, -0.2) is 32.1 Å². The third-order valence-corrected chi connectivity index (χ3v) is 3.36. The number of ether oxygens (including phenoxy) is 2. The highest BCUT2D eigenvalue weighted by molar-refractivity contribution is 6.05. The van der Waals surface area contributed by atoms with Crippen LogP contribution in [0.15, 0.2) is 60.0 Å². The van der Waals surface area contributed by atoms with Crippen molar-refractivity contribution in [2.45, 2.75) is 6.92 Å². The van der Waals surface area contributed by atoms with E-state index in [0.29, 0.717) is 11.4 Å². The number of methoxy groups -OCH3 is 2. The number of carbonyl (C=O) groups is 3. The summed E-state index contributed by atoms with van der Waals surface area (Å²) in [5.41, 5.74) is 1.33. The molecule has 25 heavy (non-hydrogen) atoms. The summed E-state index contributed by atoms with van der Waals surface area (Å²) < 4.78 is 9.59. The molecule has 0 fully saturated rings. The molecule has 2 rings (SSSR count). The summed E-state index contributed by atoms with van der Waals surface area (Å²) in [6, 6.07) is 6.79. The Morgan fingerprint density at radius 3 is 2.16 bits per heavy atom. The van der Waals surface area contributed by atoms with Gasteiger partial charge in [-0.1, -0.05) is 6.08 Å². The highest BCUT2D eigenvalue weighted by atomic mass is 16.5. The van der Waals surface area contributed by atoms with Crippen molar-refractivity contribution in [3.05, 3.63) is 60.0 Å². The Bertz CT molecular complexity index is 775. The molecule has 7 heteroatoms. The topological polar surface area (TPSA) is 84.9 Å². The predicted octanol–water partition coefficient (Wildman–Crippen LogP) is 2.13. The first-order valence-electron chi connectivity index (χ1n) is 7.40. The Hall–Kier alpha value is -3.35. The number of anilines is 2. The van der Waals surface area contributed by atoms with E-state index in [0.717, 1.165) is 0 Å². The minimum absolute atomic E-state index is 0.0339. The minimum Gasteiger partial charge on any atom is -0.465 e. The summed E-state index contributed by atoms with van der Waals surface area (Å²) in [6.07, 6.45) is 6.42. The summed E-state index contributed by atoms with van der Waals surface area (Å²) in [7, 11) is 2.48. The Morgan fingerprint density at radius 2 is 1.60 bits per heavy atom. The first-order valence-corrected chi connectivity index (χ1v) is 7.40. The van der Waals surface area contributed by atoms with E-state index in [4.69, 9.17) is 9.47 Å². The van der Waals surface area contributed by atoms with Crippen LogP contribution >= 0.6 is 0 Å². The first-order chi connectivity index (χ1) is 12.0. The molecule has 1 heterocycles. The molecule has 130 valence electrons. The fourth-order valence-corrected chi connectivity index (χ4v) is 2.27. The highest BCUT2D eigenvalue weighted by Crippen LogP contribution is 2.27. The molecule has 0 atom stereocenters. The maximum Gasteiger partial charge on any atom is 0.355 e. The van der Waals surface area contributed by atoms with E-state index < -0.39 is 11.9 Å². The van der Waals surface area contributed by atoms with Crippen molar-refractivity contribution in [2.75, 3.05) is 24.4 Å². The second-order valence-corrected chi connectivity index (χ2v) is 5.04. The van der Waals surface area contributed by atoms with Crippen molar-refractivity contribution >= 4 is 29.2 Å². The van der Waals surface area contributed by atoms with Gasteiger partial charge in [0.05, 0.1) is 19.8 Å². The lowest BCUT2D eigenvalue weighted by Gasteiger charge is -2.23. The fraction of sp³-hybridized carbons (Fsp3) is 0.167. The Balaban J connectivity index is 2.51. The summed E-state index contributed by atoms with van der Waals surface area (Å²) in [4.78, 5) is 37.0. The second kappa shape index (κ2) is 7.96. The zero-order valence-corrected chi connectivity index (χ0v) is 14.1. The lowest BCUT2D eigenvalue weighted by Crippen LogP contribution is -2.26. The first kappa shape index (κ1) is 18.0. The average Bonchev–Trinajstić information content (AvgIpc) is 2.83. The van der Waals surface area contributed by atoms with Crippen LogP contribution in [0.25, 0.3) is 0 Å². The number of allylic oxidation sites excluding steroid dienone is 2. The molecule has 0 saturated carbocycles. The van der Waals surface area contributed by atoms with E-state index in [1.54, 1.807) is 42.6 Å². The monoisotopic (exact) mass is 342 g/mol. The van der Waals surface area contributed by atoms with Gasteiger partial charge in [0, 0.05) is 24.5 Å². The molecule has 0 spiro atoms. The van der Waals surface area contributed by atoms with Gasteiger partial charge < -0.3 is 19.7 Å². The quantitative estimate of drug-likeness (QED) is 0.844. The summed E-state index contributed by atoms with van der Waals surface area (Å²) >= 11 is 0. The molecule has 1 aromatic rings. The second-order valence-electron chi connectivity index (χ2n) is 5.04. The molecule has 0 aliphatic carbocycles. The number of esters is 2. The van der Waals surface area contributed by atoms with Crippen molar-refractivity contribution in [3.8, 4) is 0 Å². The third kappa shape index (κ3) is 4.14. The molecule has 0 unspecified atom stereocenters. The Kier molecular flexibility index (Phi) is 5.73. The minimum atomic E-state index is -0.678. The molecule has 1 amide bonds. The van der Waals surface area contributed by atoms with E-state index in [2.05, 4.69) is 5.32 Å². The van der Waals surface area contributed by atoms with Crippen molar-refractivity contribution < 1.29 is 23.9 Å². The van der Waals surface area contributed by atoms with Crippen LogP contribution in [0, 0.1) is 0 Å². The van der Waals surface area contributed by atoms with Crippen molar-refractivity contribution in [1.29, 1.82) is 0 Å². The number of benzene rings is 1. The van der Waals surface area contributed by atoms with Gasteiger partial charge in [0.25, 0.3) is 0 Å². The zero-order valence-electron chi connectivity index (χ0n) is 14.1. The van der Waals surface area contributed by atoms with Crippen molar-refractivity contribution in [2.24, 2.45) is 0 Å². The van der Waals surface area contributed by atoms with Crippen molar-refractivity contribution in [1.82, 2.24) is 0 Å². The van der Waals surface area contributed by atoms with Gasteiger partial charge in [0.15, 0.2) is 0 Å². The summed E-state index contributed by atoms with van der Waals surface area (Å²) in [5.74, 6) is -1.52. The molecule has 1 aliphatic heterocycles. The van der Waals surface area contributed by atoms with Gasteiger partial charge in [-0.3, -0.25) is 4.79 Å². The molecule has 7 nitrogen and oxygen atoms in total. The van der Waals surface area contributed by atoms with E-state index in [1.165, 1.54) is 32.1 Å². The van der Waals surface area contributed by atoms with E-state index in [-0.39, 0.29) is 17.2 Å². The van der Waals surface area contributed by atoms with E-state index in [1.807, 2.05) is 0 Å². The van der Waals surface area contributed by atoms with Gasteiger partial charge in [-0.25, -0.2) is 9.59 Å². The maximum absolute atomic E-state index is 12.3. The van der Waals surface area contributed by atoms with Crippen LogP contribution in [-0.2, 0) is 23.9 Å². The predicted molar refractivity (Wildman–Crippen MR) is 92.6 cm³/mol. The molecule has 1 N–H and O–H groups in total. The molecule has 1 aromatic carbocycles. The number of amides is 1. The molecular formula is C18H18N2O5. The summed E-state index contributed by atoms with van der Waals surface area (Å²) in [6.45, 7) is 1.41. The van der Waals surface area contributed by atoms with Crippen LogP contribution < -0.4 is 10.2 Å². The SMILES string of the molecule is COC(=O)C1=C(C(=O)OC)N(c2ccc(NC(C)=O)cc2)C=CC=C1. The van der Waals surface area contributed by atoms with Crippen LogP contribution in [0.1, 0.15) is 6.92 Å². The number of nitrogens with one attached hydrogen (secondary N) is 1. The molecule has 0 radical (unpaired) electrons. The fourth-order valence-electron chi connectivity index (χ4n) is 2.27. The van der Waals surface area contributed by atoms with Gasteiger partial charge in [-0.05, 0) is 36.4 Å². The van der Waals surface area contributed by atoms with Crippen LogP contribution in [0.2, 0.25) is 0 Å². The number of hydrogen-bond acceptors (Lipinski definition) is 6. The van der Waals surface area contributed by atoms with Crippen LogP contribution in [0.4, 0.5) is 11.4 Å². The summed E-state index contributed by atoms with van der Waals surface area (Å²) in [5, 5.41) is 2.66. The number of rotatable bonds is 4. The highest BCUT2D eigenvalue weighted by Gasteiger charge is 2.27. The Labute approximate surface area is 145 Å². The van der Waals surface area contributed by atoms with Crippen LogP contribution in [0.3, 0.4) is 0 Å². The van der Waals surface area contributed by atoms with Crippen LogP contribution in [0.5, 0.6) is 0 Å². The van der Waals surface area contributed by atoms with E-state index in [9.17, 15) is 14.4 Å². The molecule has 0 saturated heterocycles. The molecule has 0 aromatic heterocycles. The maximum atomic E-state index is 12.3. The smallest absolute Gasteiger partial charge is 0.355 e. The lowest BCUT2D eigenvalue weighted by atomic mass is 10.1. The number of carbonyl (C=O) groups excluding carboxylic acids is 3. The van der Waals surface area contributed by atoms with Crippen molar-refractivity contribution in [3.63, 3.8) is 0 Å². The largest absolute Gasteiger partial charge is 0.465 e. The van der Waals surface area contributed by atoms with Gasteiger partial charge in [0.2, 0.25) is 5.91 Å². The van der Waals surface area contributed by atoms with Gasteiger partial charge in [0.1, 0.15) is 5.70 Å². The number of nitrogens with zero attached hydrogens (tertiary/aromatic N) is 1. The molecule has 1 aliphatic rings. The number of hydrogen-bond donors (Lipinski definition) is 1. The van der Waals surface area contributed by atoms with Gasteiger partial charge >= 0.3 is 11.9 Å². The zero-order chi connectivity index (χ0) is 18.4. The van der Waals surface area contributed by atoms with E-state index >= 15 is 0 Å².